The van der Waals surface area contributed by atoms with Gasteiger partial charge >= 0.3 is 0 Å². The molecule has 66 valence electrons. The summed E-state index contributed by atoms with van der Waals surface area (Å²) in [6.45, 7) is 0. The molecule has 1 N–H and O–H groups in total. The summed E-state index contributed by atoms with van der Waals surface area (Å²) < 4.78 is 0. The van der Waals surface area contributed by atoms with Gasteiger partial charge in [0.05, 0.1) is 0 Å². The largest absolute Gasteiger partial charge is 0.508 e. The molecule has 0 aliphatic carbocycles. The zero-order chi connectivity index (χ0) is 9.26. The van der Waals surface area contributed by atoms with Crippen molar-refractivity contribution in [2.24, 2.45) is 0 Å². The van der Waals surface area contributed by atoms with Gasteiger partial charge in [0.25, 0.3) is 0 Å². The smallest absolute Gasteiger partial charge is 0.116 e. The maximum atomic E-state index is 9.32. The first-order valence-electron chi connectivity index (χ1n) is 3.84. The summed E-state index contributed by atoms with van der Waals surface area (Å²) in [4.78, 5) is 1.07. The standard InChI is InChI=1S/C10H8OS2/c11-8-5-4-7-2-1-3-10(13-12)9(7)6-8/h1-6,11-12H. The molecule has 2 aromatic carbocycles. The second-order valence-electron chi connectivity index (χ2n) is 2.75. The molecule has 3 heteroatoms. The highest BCUT2D eigenvalue weighted by Crippen LogP contribution is 2.31. The van der Waals surface area contributed by atoms with Gasteiger partial charge in [0.2, 0.25) is 0 Å². The minimum Gasteiger partial charge on any atom is -0.508 e. The minimum atomic E-state index is 0.294. The highest BCUT2D eigenvalue weighted by atomic mass is 33.1. The summed E-state index contributed by atoms with van der Waals surface area (Å²) >= 11 is 4.16. The number of phenolic OH excluding ortho intramolecular Hbond substituents is 1. The summed E-state index contributed by atoms with van der Waals surface area (Å²) in [7, 11) is 1.39. The molecule has 0 heterocycles. The lowest BCUT2D eigenvalue weighted by atomic mass is 10.1. The van der Waals surface area contributed by atoms with E-state index in [2.05, 4.69) is 11.7 Å². The van der Waals surface area contributed by atoms with Crippen molar-refractivity contribution in [1.82, 2.24) is 0 Å². The molecule has 0 aliphatic heterocycles. The predicted molar refractivity (Wildman–Crippen MR) is 60.5 cm³/mol. The third kappa shape index (κ3) is 1.62. The van der Waals surface area contributed by atoms with E-state index < -0.39 is 0 Å². The summed E-state index contributed by atoms with van der Waals surface area (Å²) in [5.41, 5.74) is 0. The molecule has 0 aliphatic rings. The molecular weight excluding hydrogens is 200 g/mol. The van der Waals surface area contributed by atoms with E-state index in [0.29, 0.717) is 5.75 Å². The van der Waals surface area contributed by atoms with Crippen LogP contribution in [-0.2, 0) is 0 Å². The predicted octanol–water partition coefficient (Wildman–Crippen LogP) is 3.48. The Balaban J connectivity index is 2.79. The molecule has 0 fully saturated rings. The van der Waals surface area contributed by atoms with Crippen LogP contribution in [0.4, 0.5) is 0 Å². The molecule has 2 rings (SSSR count). The number of fused-ring (bicyclic) bond motifs is 1. The molecule has 0 amide bonds. The first-order valence-corrected chi connectivity index (χ1v) is 5.71. The minimum absolute atomic E-state index is 0.294. The number of hydrogen-bond acceptors (Lipinski definition) is 3. The zero-order valence-electron chi connectivity index (χ0n) is 6.77. The molecule has 0 unspecified atom stereocenters. The molecule has 0 bridgehead atoms. The van der Waals surface area contributed by atoms with Crippen molar-refractivity contribution < 1.29 is 5.11 Å². The molecule has 0 aromatic heterocycles. The fourth-order valence-corrected chi connectivity index (χ4v) is 2.20. The summed E-state index contributed by atoms with van der Waals surface area (Å²) in [6.07, 6.45) is 0. The van der Waals surface area contributed by atoms with Crippen LogP contribution in [0.1, 0.15) is 0 Å². The Labute approximate surface area is 85.6 Å². The van der Waals surface area contributed by atoms with Crippen LogP contribution in [0.5, 0.6) is 5.75 Å². The van der Waals surface area contributed by atoms with E-state index in [-0.39, 0.29) is 0 Å². The maximum absolute atomic E-state index is 9.32. The number of phenols is 1. The van der Waals surface area contributed by atoms with E-state index in [1.54, 1.807) is 12.1 Å². The van der Waals surface area contributed by atoms with Gasteiger partial charge in [-0.3, -0.25) is 0 Å². The van der Waals surface area contributed by atoms with Crippen molar-refractivity contribution in [2.45, 2.75) is 4.90 Å². The molecule has 1 nitrogen and oxygen atoms in total. The van der Waals surface area contributed by atoms with Crippen molar-refractivity contribution in [3.8, 4) is 5.75 Å². The Morgan fingerprint density at radius 3 is 2.77 bits per heavy atom. The average Bonchev–Trinajstić information content (AvgIpc) is 2.17. The quantitative estimate of drug-likeness (QED) is 0.552. The summed E-state index contributed by atoms with van der Waals surface area (Å²) in [5.74, 6) is 0.294. The molecule has 0 saturated carbocycles. The van der Waals surface area contributed by atoms with E-state index in [1.165, 1.54) is 10.8 Å². The fourth-order valence-electron chi connectivity index (χ4n) is 1.31. The molecule has 0 saturated heterocycles. The van der Waals surface area contributed by atoms with Gasteiger partial charge in [0.15, 0.2) is 0 Å². The van der Waals surface area contributed by atoms with E-state index in [9.17, 15) is 5.11 Å². The van der Waals surface area contributed by atoms with E-state index in [0.717, 1.165) is 15.7 Å². The van der Waals surface area contributed by atoms with Gasteiger partial charge in [-0.05, 0) is 29.0 Å². The monoisotopic (exact) mass is 208 g/mol. The van der Waals surface area contributed by atoms with Crippen LogP contribution in [0.3, 0.4) is 0 Å². The van der Waals surface area contributed by atoms with Crippen molar-refractivity contribution in [2.75, 3.05) is 0 Å². The van der Waals surface area contributed by atoms with Crippen LogP contribution >= 0.6 is 22.5 Å². The number of benzene rings is 2. The Hall–Kier alpha value is -0.800. The summed E-state index contributed by atoms with van der Waals surface area (Å²) in [5, 5.41) is 11.5. The Kier molecular flexibility index (Phi) is 2.38. The van der Waals surface area contributed by atoms with Crippen LogP contribution in [-0.4, -0.2) is 5.11 Å². The molecule has 2 aromatic rings. The maximum Gasteiger partial charge on any atom is 0.116 e. The number of thiol groups is 1. The molecule has 13 heavy (non-hydrogen) atoms. The van der Waals surface area contributed by atoms with Gasteiger partial charge in [-0.25, -0.2) is 0 Å². The highest BCUT2D eigenvalue weighted by molar-refractivity contribution is 8.68. The average molecular weight is 208 g/mol. The van der Waals surface area contributed by atoms with Gasteiger partial charge in [-0.15, -0.1) is 11.7 Å². The Bertz CT molecular complexity index is 440. The van der Waals surface area contributed by atoms with Crippen molar-refractivity contribution >= 4 is 33.2 Å². The topological polar surface area (TPSA) is 20.2 Å². The SMILES string of the molecule is Oc1ccc2cccc(SS)c2c1. The lowest BCUT2D eigenvalue weighted by molar-refractivity contribution is 0.476. The van der Waals surface area contributed by atoms with Gasteiger partial charge in [0, 0.05) is 4.90 Å². The molecular formula is C10H8OS2. The van der Waals surface area contributed by atoms with Crippen LogP contribution in [0.2, 0.25) is 0 Å². The molecule has 0 atom stereocenters. The number of hydrogen-bond donors (Lipinski definition) is 2. The normalized spacial score (nSPS) is 10.5. The van der Waals surface area contributed by atoms with Crippen molar-refractivity contribution in [3.05, 3.63) is 36.4 Å². The van der Waals surface area contributed by atoms with Crippen LogP contribution in [0.15, 0.2) is 41.3 Å². The first kappa shape index (κ1) is 8.78. The summed E-state index contributed by atoms with van der Waals surface area (Å²) in [6, 6.07) is 11.3. The third-order valence-corrected chi connectivity index (χ3v) is 3.07. The second-order valence-corrected chi connectivity index (χ2v) is 3.92. The zero-order valence-corrected chi connectivity index (χ0v) is 8.48. The lowest BCUT2D eigenvalue weighted by Gasteiger charge is -2.02. The van der Waals surface area contributed by atoms with Crippen LogP contribution < -0.4 is 0 Å². The second kappa shape index (κ2) is 3.52. The lowest BCUT2D eigenvalue weighted by Crippen LogP contribution is -1.75. The van der Waals surface area contributed by atoms with E-state index in [4.69, 9.17) is 0 Å². The third-order valence-electron chi connectivity index (χ3n) is 1.92. The fraction of sp³-hybridized carbons (Fsp3) is 0. The number of aromatic hydroxyl groups is 1. The van der Waals surface area contributed by atoms with Crippen molar-refractivity contribution in [3.63, 3.8) is 0 Å². The number of rotatable bonds is 1. The molecule has 0 radical (unpaired) electrons. The highest BCUT2D eigenvalue weighted by Gasteiger charge is 2.00. The van der Waals surface area contributed by atoms with Crippen LogP contribution in [0, 0.1) is 0 Å². The van der Waals surface area contributed by atoms with Gasteiger partial charge in [-0.2, -0.15) is 0 Å². The van der Waals surface area contributed by atoms with Gasteiger partial charge in [-0.1, -0.05) is 29.0 Å². The van der Waals surface area contributed by atoms with Crippen LogP contribution in [0.25, 0.3) is 10.8 Å². The Morgan fingerprint density at radius 1 is 1.15 bits per heavy atom. The van der Waals surface area contributed by atoms with E-state index >= 15 is 0 Å². The van der Waals surface area contributed by atoms with Crippen molar-refractivity contribution in [1.29, 1.82) is 0 Å². The van der Waals surface area contributed by atoms with Gasteiger partial charge < -0.3 is 5.11 Å². The van der Waals surface area contributed by atoms with E-state index in [1.807, 2.05) is 24.3 Å². The van der Waals surface area contributed by atoms with Gasteiger partial charge in [0.1, 0.15) is 5.75 Å². The Morgan fingerprint density at radius 2 is 2.00 bits per heavy atom. The molecule has 0 spiro atoms. The first-order chi connectivity index (χ1) is 6.31.